The predicted octanol–water partition coefficient (Wildman–Crippen LogP) is 4.88. The Balaban J connectivity index is 1.81. The second-order valence-electron chi connectivity index (χ2n) is 4.75. The molecule has 0 bridgehead atoms. The quantitative estimate of drug-likeness (QED) is 0.665. The summed E-state index contributed by atoms with van der Waals surface area (Å²) in [7, 11) is 0. The fourth-order valence-electron chi connectivity index (χ4n) is 1.99. The minimum absolute atomic E-state index is 0.0160. The van der Waals surface area contributed by atoms with Crippen LogP contribution in [0.3, 0.4) is 0 Å². The maximum atomic E-state index is 13.7. The van der Waals surface area contributed by atoms with Gasteiger partial charge < -0.3 is 5.32 Å². The lowest BCUT2D eigenvalue weighted by atomic mass is 10.1. The van der Waals surface area contributed by atoms with E-state index >= 15 is 0 Å². The first-order valence-corrected chi connectivity index (χ1v) is 7.78. The zero-order chi connectivity index (χ0) is 16.4. The first-order chi connectivity index (χ1) is 11.0. The molecule has 0 aliphatic rings. The van der Waals surface area contributed by atoms with Gasteiger partial charge in [0.15, 0.2) is 0 Å². The molecule has 4 nitrogen and oxygen atoms in total. The maximum Gasteiger partial charge on any atom is 0.273 e. The summed E-state index contributed by atoms with van der Waals surface area (Å²) in [5, 5.41) is 9.54. The molecule has 1 aromatic heterocycles. The number of amides is 1. The zero-order valence-electron chi connectivity index (χ0n) is 11.6. The van der Waals surface area contributed by atoms with Crippen LogP contribution in [0, 0.1) is 5.82 Å². The molecular weight excluding hydrogens is 385 g/mol. The molecule has 0 radical (unpaired) electrons. The van der Waals surface area contributed by atoms with Gasteiger partial charge in [-0.15, -0.1) is 0 Å². The summed E-state index contributed by atoms with van der Waals surface area (Å²) in [5.41, 5.74) is 1.72. The van der Waals surface area contributed by atoms with Crippen molar-refractivity contribution in [3.05, 3.63) is 69.5 Å². The van der Waals surface area contributed by atoms with Crippen LogP contribution < -0.4 is 5.32 Å². The van der Waals surface area contributed by atoms with Gasteiger partial charge in [0.05, 0.1) is 11.4 Å². The fourth-order valence-corrected chi connectivity index (χ4v) is 2.43. The Hall–Kier alpha value is -2.18. The molecular formula is C16H10BrClFN3O. The first-order valence-electron chi connectivity index (χ1n) is 6.61. The molecule has 0 aliphatic heterocycles. The molecule has 0 spiro atoms. The lowest BCUT2D eigenvalue weighted by molar-refractivity contribution is 0.102. The summed E-state index contributed by atoms with van der Waals surface area (Å²) in [5.74, 6) is -1.06. The largest absolute Gasteiger partial charge is 0.318 e. The molecule has 2 aromatic carbocycles. The third kappa shape index (κ3) is 3.60. The van der Waals surface area contributed by atoms with Crippen LogP contribution in [0.1, 0.15) is 10.5 Å². The summed E-state index contributed by atoms with van der Waals surface area (Å²) in [6.45, 7) is 0. The number of H-pyrrole nitrogens is 1. The highest BCUT2D eigenvalue weighted by Gasteiger charge is 2.13. The van der Waals surface area contributed by atoms with Gasteiger partial charge in [-0.05, 0) is 36.4 Å². The third-order valence-electron chi connectivity index (χ3n) is 3.14. The molecule has 0 saturated heterocycles. The molecule has 1 amide bonds. The fraction of sp³-hybridized carbons (Fsp3) is 0. The van der Waals surface area contributed by atoms with Crippen molar-refractivity contribution in [3.8, 4) is 11.3 Å². The number of carbonyl (C=O) groups excluding carboxylic acids is 1. The van der Waals surface area contributed by atoms with Crippen molar-refractivity contribution in [3.63, 3.8) is 0 Å². The standard InChI is InChI=1S/C16H10BrClFN3O/c17-10-3-1-9(2-4-10)13-8-15(22-21-13)16(23)20-14-7-11(18)5-6-12(14)19/h1-8H,(H,20,23)(H,21,22). The van der Waals surface area contributed by atoms with Gasteiger partial charge in [-0.2, -0.15) is 5.10 Å². The van der Waals surface area contributed by atoms with Crippen LogP contribution in [-0.2, 0) is 0 Å². The Bertz CT molecular complexity index is 864. The molecule has 0 aliphatic carbocycles. The highest BCUT2D eigenvalue weighted by atomic mass is 79.9. The molecule has 0 atom stereocenters. The third-order valence-corrected chi connectivity index (χ3v) is 3.90. The second kappa shape index (κ2) is 6.52. The minimum Gasteiger partial charge on any atom is -0.318 e. The average molecular weight is 395 g/mol. The van der Waals surface area contributed by atoms with E-state index in [2.05, 4.69) is 31.4 Å². The Labute approximate surface area is 144 Å². The van der Waals surface area contributed by atoms with Crippen molar-refractivity contribution >= 4 is 39.1 Å². The van der Waals surface area contributed by atoms with Crippen LogP contribution >= 0.6 is 27.5 Å². The topological polar surface area (TPSA) is 57.8 Å². The van der Waals surface area contributed by atoms with Crippen LogP contribution in [0.25, 0.3) is 11.3 Å². The Morgan fingerprint density at radius 1 is 1.17 bits per heavy atom. The highest BCUT2D eigenvalue weighted by Crippen LogP contribution is 2.22. The second-order valence-corrected chi connectivity index (χ2v) is 6.10. The number of aromatic nitrogens is 2. The molecule has 2 N–H and O–H groups in total. The average Bonchev–Trinajstić information content (AvgIpc) is 3.02. The molecule has 1 heterocycles. The van der Waals surface area contributed by atoms with Gasteiger partial charge in [-0.1, -0.05) is 39.7 Å². The van der Waals surface area contributed by atoms with Gasteiger partial charge in [-0.3, -0.25) is 9.89 Å². The number of nitrogens with one attached hydrogen (secondary N) is 2. The van der Waals surface area contributed by atoms with Gasteiger partial charge in [0, 0.05) is 15.1 Å². The van der Waals surface area contributed by atoms with Crippen LogP contribution in [0.5, 0.6) is 0 Å². The van der Waals surface area contributed by atoms with Gasteiger partial charge in [-0.25, -0.2) is 4.39 Å². The number of aromatic amines is 1. The van der Waals surface area contributed by atoms with E-state index in [4.69, 9.17) is 11.6 Å². The van der Waals surface area contributed by atoms with E-state index < -0.39 is 11.7 Å². The lowest BCUT2D eigenvalue weighted by Crippen LogP contribution is -2.13. The van der Waals surface area contributed by atoms with E-state index in [9.17, 15) is 9.18 Å². The zero-order valence-corrected chi connectivity index (χ0v) is 14.0. The van der Waals surface area contributed by atoms with Crippen LogP contribution in [-0.4, -0.2) is 16.1 Å². The molecule has 7 heteroatoms. The highest BCUT2D eigenvalue weighted by molar-refractivity contribution is 9.10. The maximum absolute atomic E-state index is 13.7. The number of carbonyl (C=O) groups is 1. The molecule has 116 valence electrons. The molecule has 0 unspecified atom stereocenters. The van der Waals surface area contributed by atoms with Crippen molar-refractivity contribution < 1.29 is 9.18 Å². The van der Waals surface area contributed by atoms with Crippen LogP contribution in [0.15, 0.2) is 53.0 Å². The Kier molecular flexibility index (Phi) is 4.45. The van der Waals surface area contributed by atoms with E-state index in [-0.39, 0.29) is 11.4 Å². The number of nitrogens with zero attached hydrogens (tertiary/aromatic N) is 1. The van der Waals surface area contributed by atoms with E-state index in [0.29, 0.717) is 10.7 Å². The lowest BCUT2D eigenvalue weighted by Gasteiger charge is -2.05. The van der Waals surface area contributed by atoms with Gasteiger partial charge in [0.2, 0.25) is 0 Å². The van der Waals surface area contributed by atoms with Crippen LogP contribution in [0.2, 0.25) is 5.02 Å². The predicted molar refractivity (Wildman–Crippen MR) is 91.1 cm³/mol. The number of rotatable bonds is 3. The van der Waals surface area contributed by atoms with E-state index in [1.807, 2.05) is 24.3 Å². The Morgan fingerprint density at radius 2 is 1.91 bits per heavy atom. The monoisotopic (exact) mass is 393 g/mol. The normalized spacial score (nSPS) is 10.6. The van der Waals surface area contributed by atoms with E-state index in [0.717, 1.165) is 10.0 Å². The van der Waals surface area contributed by atoms with Crippen molar-refractivity contribution in [1.29, 1.82) is 0 Å². The van der Waals surface area contributed by atoms with Gasteiger partial charge >= 0.3 is 0 Å². The van der Waals surface area contributed by atoms with Crippen molar-refractivity contribution in [1.82, 2.24) is 10.2 Å². The van der Waals surface area contributed by atoms with Crippen LogP contribution in [0.4, 0.5) is 10.1 Å². The van der Waals surface area contributed by atoms with E-state index in [1.54, 1.807) is 6.07 Å². The molecule has 0 fully saturated rings. The molecule has 23 heavy (non-hydrogen) atoms. The number of halogens is 3. The number of anilines is 1. The summed E-state index contributed by atoms with van der Waals surface area (Å²) >= 11 is 9.16. The number of benzene rings is 2. The summed E-state index contributed by atoms with van der Waals surface area (Å²) in [4.78, 5) is 12.2. The smallest absolute Gasteiger partial charge is 0.273 e. The number of hydrogen-bond donors (Lipinski definition) is 2. The van der Waals surface area contributed by atoms with Crippen molar-refractivity contribution in [2.45, 2.75) is 0 Å². The summed E-state index contributed by atoms with van der Waals surface area (Å²) in [6.07, 6.45) is 0. The van der Waals surface area contributed by atoms with Crippen molar-refractivity contribution in [2.75, 3.05) is 5.32 Å². The Morgan fingerprint density at radius 3 is 2.65 bits per heavy atom. The van der Waals surface area contributed by atoms with E-state index in [1.165, 1.54) is 18.2 Å². The minimum atomic E-state index is -0.560. The molecule has 0 saturated carbocycles. The summed E-state index contributed by atoms with van der Waals surface area (Å²) < 4.78 is 14.6. The SMILES string of the molecule is O=C(Nc1cc(Cl)ccc1F)c1cc(-c2ccc(Br)cc2)n[nH]1. The molecule has 3 aromatic rings. The van der Waals surface area contributed by atoms with Gasteiger partial charge in [0.25, 0.3) is 5.91 Å². The number of hydrogen-bond acceptors (Lipinski definition) is 2. The summed E-state index contributed by atoms with van der Waals surface area (Å²) in [6, 6.07) is 13.1. The van der Waals surface area contributed by atoms with Crippen molar-refractivity contribution in [2.24, 2.45) is 0 Å². The molecule has 3 rings (SSSR count). The first kappa shape index (κ1) is 15.7. The van der Waals surface area contributed by atoms with Gasteiger partial charge in [0.1, 0.15) is 11.5 Å².